The van der Waals surface area contributed by atoms with Gasteiger partial charge in [-0.1, -0.05) is 61.8 Å². The molecule has 0 saturated heterocycles. The molecule has 3 heteroatoms. The lowest BCUT2D eigenvalue weighted by Gasteiger charge is -2.26. The maximum Gasteiger partial charge on any atom is 0.137 e. The molecule has 21 heavy (non-hydrogen) atoms. The number of methoxy groups -OCH3 is 1. The van der Waals surface area contributed by atoms with Crippen LogP contribution in [0.2, 0.25) is 5.02 Å². The summed E-state index contributed by atoms with van der Waals surface area (Å²) < 4.78 is 5.23. The fourth-order valence-electron chi connectivity index (χ4n) is 2.63. The van der Waals surface area contributed by atoms with Gasteiger partial charge in [-0.15, -0.1) is 0 Å². The van der Waals surface area contributed by atoms with Crippen molar-refractivity contribution in [1.82, 2.24) is 5.32 Å². The predicted octanol–water partition coefficient (Wildman–Crippen LogP) is 4.80. The fourth-order valence-corrected chi connectivity index (χ4v) is 2.89. The van der Waals surface area contributed by atoms with Gasteiger partial charge in [0.15, 0.2) is 0 Å². The molecule has 2 aromatic carbocycles. The molecule has 0 bridgehead atoms. The van der Waals surface area contributed by atoms with Crippen molar-refractivity contribution >= 4 is 11.6 Å². The zero-order valence-electron chi connectivity index (χ0n) is 12.8. The average Bonchev–Trinajstić information content (AvgIpc) is 2.52. The van der Waals surface area contributed by atoms with Crippen LogP contribution in [0.1, 0.15) is 36.9 Å². The molecule has 1 N–H and O–H groups in total. The van der Waals surface area contributed by atoms with Gasteiger partial charge in [-0.25, -0.2) is 0 Å². The van der Waals surface area contributed by atoms with Gasteiger partial charge >= 0.3 is 0 Å². The molecule has 0 saturated carbocycles. The molecule has 0 aliphatic heterocycles. The lowest BCUT2D eigenvalue weighted by Crippen LogP contribution is -2.25. The summed E-state index contributed by atoms with van der Waals surface area (Å²) in [5, 5.41) is 4.21. The number of nitrogens with one attached hydrogen (secondary N) is 1. The van der Waals surface area contributed by atoms with Crippen LogP contribution < -0.4 is 10.1 Å². The molecule has 0 fully saturated rings. The van der Waals surface area contributed by atoms with Gasteiger partial charge < -0.3 is 10.1 Å². The first-order valence-electron chi connectivity index (χ1n) is 7.29. The maximum absolute atomic E-state index is 6.27. The molecular formula is C18H22ClNO. The SMILES string of the molecule is CCNC(c1ccc(OC)c(Cl)c1)C(C)c1ccccc1. The molecule has 2 unspecified atom stereocenters. The van der Waals surface area contributed by atoms with Gasteiger partial charge in [-0.05, 0) is 29.8 Å². The topological polar surface area (TPSA) is 21.3 Å². The van der Waals surface area contributed by atoms with Crippen LogP contribution in [0.5, 0.6) is 5.75 Å². The third-order valence-electron chi connectivity index (χ3n) is 3.78. The van der Waals surface area contributed by atoms with Gasteiger partial charge in [0.05, 0.1) is 12.1 Å². The summed E-state index contributed by atoms with van der Waals surface area (Å²) in [6.45, 7) is 5.27. The number of hydrogen-bond donors (Lipinski definition) is 1. The lowest BCUT2D eigenvalue weighted by molar-refractivity contribution is 0.414. The second-order valence-corrected chi connectivity index (χ2v) is 5.54. The molecule has 2 nitrogen and oxygen atoms in total. The van der Waals surface area contributed by atoms with Crippen LogP contribution in [0.25, 0.3) is 0 Å². The molecule has 0 aromatic heterocycles. The zero-order valence-corrected chi connectivity index (χ0v) is 13.5. The van der Waals surface area contributed by atoms with E-state index in [2.05, 4.69) is 49.5 Å². The fraction of sp³-hybridized carbons (Fsp3) is 0.333. The van der Waals surface area contributed by atoms with E-state index in [1.807, 2.05) is 18.2 Å². The first kappa shape index (κ1) is 15.9. The summed E-state index contributed by atoms with van der Waals surface area (Å²) >= 11 is 6.27. The Hall–Kier alpha value is -1.51. The van der Waals surface area contributed by atoms with E-state index in [0.29, 0.717) is 16.7 Å². The second kappa shape index (κ2) is 7.48. The number of likely N-dealkylation sites (N-methyl/N-ethyl adjacent to an activating group) is 1. The number of hydrogen-bond acceptors (Lipinski definition) is 2. The van der Waals surface area contributed by atoms with E-state index in [-0.39, 0.29) is 6.04 Å². The molecule has 0 heterocycles. The maximum atomic E-state index is 6.27. The van der Waals surface area contributed by atoms with E-state index in [4.69, 9.17) is 16.3 Å². The van der Waals surface area contributed by atoms with Crippen LogP contribution >= 0.6 is 11.6 Å². The van der Waals surface area contributed by atoms with Crippen LogP contribution in [-0.2, 0) is 0 Å². The molecule has 0 radical (unpaired) electrons. The average molecular weight is 304 g/mol. The van der Waals surface area contributed by atoms with Gasteiger partial charge in [-0.3, -0.25) is 0 Å². The van der Waals surface area contributed by atoms with Crippen molar-refractivity contribution in [1.29, 1.82) is 0 Å². The van der Waals surface area contributed by atoms with Gasteiger partial charge in [-0.2, -0.15) is 0 Å². The van der Waals surface area contributed by atoms with Crippen molar-refractivity contribution in [2.45, 2.75) is 25.8 Å². The number of halogens is 1. The Kier molecular flexibility index (Phi) is 5.66. The van der Waals surface area contributed by atoms with Crippen molar-refractivity contribution in [2.75, 3.05) is 13.7 Å². The minimum Gasteiger partial charge on any atom is -0.495 e. The Bertz CT molecular complexity index is 571. The Morgan fingerprint density at radius 1 is 1.10 bits per heavy atom. The normalized spacial score (nSPS) is 13.7. The van der Waals surface area contributed by atoms with Gasteiger partial charge in [0.2, 0.25) is 0 Å². The molecule has 112 valence electrons. The first-order chi connectivity index (χ1) is 10.2. The summed E-state index contributed by atoms with van der Waals surface area (Å²) in [7, 11) is 1.63. The molecule has 0 aliphatic carbocycles. The third kappa shape index (κ3) is 3.78. The Morgan fingerprint density at radius 3 is 2.38 bits per heavy atom. The highest BCUT2D eigenvalue weighted by molar-refractivity contribution is 6.32. The Labute approximate surface area is 132 Å². The van der Waals surface area contributed by atoms with E-state index in [0.717, 1.165) is 6.54 Å². The molecule has 0 spiro atoms. The molecule has 2 rings (SSSR count). The van der Waals surface area contributed by atoms with Gasteiger partial charge in [0.1, 0.15) is 5.75 Å². The minimum atomic E-state index is 0.223. The van der Waals surface area contributed by atoms with Crippen molar-refractivity contribution in [2.24, 2.45) is 0 Å². The van der Waals surface area contributed by atoms with Crippen molar-refractivity contribution in [3.05, 3.63) is 64.7 Å². The summed E-state index contributed by atoms with van der Waals surface area (Å²) in [5.41, 5.74) is 2.49. The van der Waals surface area contributed by atoms with E-state index >= 15 is 0 Å². The highest BCUT2D eigenvalue weighted by atomic mass is 35.5. The van der Waals surface area contributed by atoms with Crippen LogP contribution in [0.4, 0.5) is 0 Å². The van der Waals surface area contributed by atoms with Crippen LogP contribution in [0.3, 0.4) is 0 Å². The summed E-state index contributed by atoms with van der Waals surface area (Å²) in [4.78, 5) is 0. The van der Waals surface area contributed by atoms with Crippen LogP contribution in [-0.4, -0.2) is 13.7 Å². The van der Waals surface area contributed by atoms with Crippen LogP contribution in [0.15, 0.2) is 48.5 Å². The van der Waals surface area contributed by atoms with Crippen molar-refractivity contribution in [3.63, 3.8) is 0 Å². The molecular weight excluding hydrogens is 282 g/mol. The molecule has 0 aliphatic rings. The largest absolute Gasteiger partial charge is 0.495 e. The molecule has 2 aromatic rings. The highest BCUT2D eigenvalue weighted by Gasteiger charge is 2.20. The van der Waals surface area contributed by atoms with E-state index in [1.54, 1.807) is 7.11 Å². The van der Waals surface area contributed by atoms with Crippen LogP contribution in [0, 0.1) is 0 Å². The van der Waals surface area contributed by atoms with Gasteiger partial charge in [0.25, 0.3) is 0 Å². The lowest BCUT2D eigenvalue weighted by atomic mass is 9.88. The van der Waals surface area contributed by atoms with E-state index in [9.17, 15) is 0 Å². The monoisotopic (exact) mass is 303 g/mol. The molecule has 2 atom stereocenters. The zero-order chi connectivity index (χ0) is 15.2. The second-order valence-electron chi connectivity index (χ2n) is 5.13. The summed E-state index contributed by atoms with van der Waals surface area (Å²) in [5.74, 6) is 1.07. The quantitative estimate of drug-likeness (QED) is 0.827. The number of ether oxygens (including phenoxy) is 1. The summed E-state index contributed by atoms with van der Waals surface area (Å²) in [6.07, 6.45) is 0. The Morgan fingerprint density at radius 2 is 1.81 bits per heavy atom. The summed E-state index contributed by atoms with van der Waals surface area (Å²) in [6, 6.07) is 16.8. The van der Waals surface area contributed by atoms with E-state index < -0.39 is 0 Å². The first-order valence-corrected chi connectivity index (χ1v) is 7.67. The highest BCUT2D eigenvalue weighted by Crippen LogP contribution is 2.34. The Balaban J connectivity index is 2.32. The third-order valence-corrected chi connectivity index (χ3v) is 4.08. The van der Waals surface area contributed by atoms with Gasteiger partial charge in [0, 0.05) is 12.0 Å². The predicted molar refractivity (Wildman–Crippen MR) is 89.3 cm³/mol. The van der Waals surface area contributed by atoms with Crippen molar-refractivity contribution < 1.29 is 4.74 Å². The van der Waals surface area contributed by atoms with Crippen molar-refractivity contribution in [3.8, 4) is 5.75 Å². The minimum absolute atomic E-state index is 0.223. The number of benzene rings is 2. The smallest absolute Gasteiger partial charge is 0.137 e. The standard InChI is InChI=1S/C18H22ClNO/c1-4-20-18(13(2)14-8-6-5-7-9-14)15-10-11-17(21-3)16(19)12-15/h5-13,18,20H,4H2,1-3H3. The number of rotatable bonds is 6. The van der Waals surface area contributed by atoms with E-state index in [1.165, 1.54) is 11.1 Å². The molecule has 0 amide bonds.